The number of aromatic amines is 1. The zero-order valence-corrected chi connectivity index (χ0v) is 15.8. The lowest BCUT2D eigenvalue weighted by molar-refractivity contribution is -0.344. The van der Waals surface area contributed by atoms with Crippen molar-refractivity contribution in [1.82, 2.24) is 4.98 Å². The summed E-state index contributed by atoms with van der Waals surface area (Å²) >= 11 is 0. The van der Waals surface area contributed by atoms with E-state index in [-0.39, 0.29) is 0 Å². The average Bonchev–Trinajstić information content (AvgIpc) is 2.65. The van der Waals surface area contributed by atoms with Crippen LogP contribution in [0.5, 0.6) is 17.2 Å². The third kappa shape index (κ3) is 3.46. The fourth-order valence-corrected chi connectivity index (χ4v) is 3.10. The number of H-pyrrole nitrogens is 1. The van der Waals surface area contributed by atoms with E-state index in [0.29, 0.717) is 35.6 Å². The van der Waals surface area contributed by atoms with Crippen LogP contribution in [0.25, 0.3) is 10.9 Å². The minimum Gasteiger partial charge on any atom is -0.493 e. The number of nitrogens with zero attached hydrogens (tertiary/aromatic N) is 1. The summed E-state index contributed by atoms with van der Waals surface area (Å²) in [5.74, 6) is 2.54. The Balaban J connectivity index is 1.92. The Morgan fingerprint density at radius 1 is 1.04 bits per heavy atom. The van der Waals surface area contributed by atoms with E-state index in [0.717, 1.165) is 27.7 Å². The summed E-state index contributed by atoms with van der Waals surface area (Å²) in [4.78, 5) is 7.17. The summed E-state index contributed by atoms with van der Waals surface area (Å²) < 4.78 is 16.1. The number of benzene rings is 2. The highest BCUT2D eigenvalue weighted by Gasteiger charge is 2.15. The van der Waals surface area contributed by atoms with Crippen LogP contribution in [0.15, 0.2) is 24.3 Å². The van der Waals surface area contributed by atoms with Crippen LogP contribution in [0, 0.1) is 6.92 Å². The van der Waals surface area contributed by atoms with Gasteiger partial charge in [-0.25, -0.2) is 4.98 Å². The molecule has 0 saturated heterocycles. The number of methoxy groups -OCH3 is 3. The van der Waals surface area contributed by atoms with Crippen LogP contribution in [0.1, 0.15) is 11.1 Å². The van der Waals surface area contributed by atoms with Gasteiger partial charge in [-0.2, -0.15) is 0 Å². The maximum atomic E-state index is 6.10. The first-order chi connectivity index (χ1) is 13.0. The van der Waals surface area contributed by atoms with E-state index in [1.54, 1.807) is 21.3 Å². The molecule has 3 aromatic rings. The van der Waals surface area contributed by atoms with Gasteiger partial charge in [-0.1, -0.05) is 6.07 Å². The molecule has 0 aliphatic rings. The van der Waals surface area contributed by atoms with Crippen LogP contribution in [0.3, 0.4) is 0 Å². The van der Waals surface area contributed by atoms with Crippen molar-refractivity contribution in [2.75, 3.05) is 38.1 Å². The number of nitrogen functional groups attached to an aromatic ring is 2. The van der Waals surface area contributed by atoms with Crippen molar-refractivity contribution >= 4 is 28.4 Å². The van der Waals surface area contributed by atoms with Crippen LogP contribution in [-0.2, 0) is 6.54 Å². The third-order valence-corrected chi connectivity index (χ3v) is 4.48. The summed E-state index contributed by atoms with van der Waals surface area (Å²) in [5, 5.41) is 4.26. The second-order valence-corrected chi connectivity index (χ2v) is 6.05. The van der Waals surface area contributed by atoms with Crippen molar-refractivity contribution in [3.8, 4) is 17.2 Å². The lowest BCUT2D eigenvalue weighted by Crippen LogP contribution is -2.18. The van der Waals surface area contributed by atoms with Crippen LogP contribution in [0.4, 0.5) is 17.5 Å². The molecule has 3 rings (SSSR count). The number of aryl methyl sites for hydroxylation is 1. The molecule has 142 valence electrons. The zero-order valence-electron chi connectivity index (χ0n) is 15.8. The molecular formula is C19H24N5O3+. The number of rotatable bonds is 6. The highest BCUT2D eigenvalue weighted by Crippen LogP contribution is 2.40. The van der Waals surface area contributed by atoms with Crippen molar-refractivity contribution in [2.24, 2.45) is 0 Å². The molecule has 0 amide bonds. The summed E-state index contributed by atoms with van der Waals surface area (Å²) in [7, 11) is 4.76. The highest BCUT2D eigenvalue weighted by molar-refractivity contribution is 5.91. The Kier molecular flexibility index (Phi) is 5.07. The number of ether oxygens (including phenoxy) is 3. The number of fused-ring (bicyclic) bond motifs is 1. The van der Waals surface area contributed by atoms with E-state index < -0.39 is 0 Å². The van der Waals surface area contributed by atoms with E-state index in [1.807, 2.05) is 31.2 Å². The van der Waals surface area contributed by atoms with Gasteiger partial charge < -0.3 is 31.0 Å². The molecular weight excluding hydrogens is 346 g/mol. The standard InChI is InChI=1S/C19H23N5O3/c1-10-11(5-6-13-16(10)18(20)24-19(21)23-13)9-22-12-7-14(25-2)17(27-4)15(8-12)26-3/h5-8,22H,9H2,1-4H3,(H4,20,21,23,24)/p+1. The van der Waals surface area contributed by atoms with Gasteiger partial charge in [0.15, 0.2) is 11.5 Å². The first-order valence-corrected chi connectivity index (χ1v) is 8.38. The Morgan fingerprint density at radius 3 is 2.30 bits per heavy atom. The Bertz CT molecular complexity index is 966. The molecule has 1 heterocycles. The average molecular weight is 370 g/mol. The smallest absolute Gasteiger partial charge is 0.342 e. The van der Waals surface area contributed by atoms with Gasteiger partial charge in [0.25, 0.3) is 0 Å². The molecule has 8 nitrogen and oxygen atoms in total. The van der Waals surface area contributed by atoms with Gasteiger partial charge >= 0.3 is 5.95 Å². The molecule has 0 atom stereocenters. The number of hydrogen-bond acceptors (Lipinski definition) is 7. The Morgan fingerprint density at radius 2 is 1.70 bits per heavy atom. The van der Waals surface area contributed by atoms with E-state index in [2.05, 4.69) is 15.3 Å². The molecule has 0 aliphatic carbocycles. The van der Waals surface area contributed by atoms with Crippen LogP contribution in [0.2, 0.25) is 0 Å². The molecule has 0 aliphatic heterocycles. The molecule has 1 aromatic heterocycles. The molecule has 27 heavy (non-hydrogen) atoms. The van der Waals surface area contributed by atoms with Crippen molar-refractivity contribution < 1.29 is 19.2 Å². The second kappa shape index (κ2) is 7.45. The fraction of sp³-hybridized carbons (Fsp3) is 0.263. The first-order valence-electron chi connectivity index (χ1n) is 8.38. The number of aromatic nitrogens is 2. The van der Waals surface area contributed by atoms with Gasteiger partial charge in [0.2, 0.25) is 11.6 Å². The second-order valence-electron chi connectivity index (χ2n) is 6.05. The van der Waals surface area contributed by atoms with Gasteiger partial charge in [0.1, 0.15) is 5.52 Å². The van der Waals surface area contributed by atoms with Gasteiger partial charge in [0, 0.05) is 24.4 Å². The van der Waals surface area contributed by atoms with Crippen molar-refractivity contribution in [2.45, 2.75) is 13.5 Å². The summed E-state index contributed by atoms with van der Waals surface area (Å²) in [6, 6.07) is 7.65. The molecule has 2 aromatic carbocycles. The van der Waals surface area contributed by atoms with E-state index in [9.17, 15) is 0 Å². The van der Waals surface area contributed by atoms with Crippen LogP contribution < -0.4 is 36.0 Å². The lowest BCUT2D eigenvalue weighted by Gasteiger charge is -2.16. The topological polar surface area (TPSA) is 119 Å². The maximum Gasteiger partial charge on any atom is 0.342 e. The molecule has 0 fully saturated rings. The number of nitrogens with two attached hydrogens (primary N) is 2. The molecule has 0 saturated carbocycles. The predicted octanol–water partition coefficient (Wildman–Crippen LogP) is 2.16. The fourth-order valence-electron chi connectivity index (χ4n) is 3.10. The van der Waals surface area contributed by atoms with Crippen LogP contribution in [-0.4, -0.2) is 26.3 Å². The largest absolute Gasteiger partial charge is 0.493 e. The summed E-state index contributed by atoms with van der Waals surface area (Å²) in [6.45, 7) is 2.60. The zero-order chi connectivity index (χ0) is 19.6. The van der Waals surface area contributed by atoms with Crippen molar-refractivity contribution in [3.05, 3.63) is 35.4 Å². The van der Waals surface area contributed by atoms with Gasteiger partial charge in [-0.15, -0.1) is 4.98 Å². The predicted molar refractivity (Wildman–Crippen MR) is 105 cm³/mol. The van der Waals surface area contributed by atoms with Crippen molar-refractivity contribution in [3.63, 3.8) is 0 Å². The van der Waals surface area contributed by atoms with Crippen molar-refractivity contribution in [1.29, 1.82) is 0 Å². The summed E-state index contributed by atoms with van der Waals surface area (Å²) in [5.41, 5.74) is 15.6. The molecule has 6 N–H and O–H groups in total. The van der Waals surface area contributed by atoms with E-state index in [4.69, 9.17) is 25.7 Å². The SMILES string of the molecule is COc1cc(NCc2ccc3nc(N)[nH+]c(N)c3c2C)cc(OC)c1OC. The van der Waals surface area contributed by atoms with Crippen LogP contribution >= 0.6 is 0 Å². The quantitative estimate of drug-likeness (QED) is 0.608. The number of hydrogen-bond donors (Lipinski definition) is 3. The minimum atomic E-state index is 0.294. The molecule has 0 spiro atoms. The highest BCUT2D eigenvalue weighted by atomic mass is 16.5. The minimum absolute atomic E-state index is 0.294. The normalized spacial score (nSPS) is 10.7. The van der Waals surface area contributed by atoms with Gasteiger partial charge in [0.05, 0.1) is 26.7 Å². The molecule has 0 bridgehead atoms. The lowest BCUT2D eigenvalue weighted by atomic mass is 10.0. The third-order valence-electron chi connectivity index (χ3n) is 4.48. The first kappa shape index (κ1) is 18.4. The van der Waals surface area contributed by atoms with Gasteiger partial charge in [-0.3, -0.25) is 0 Å². The molecule has 0 unspecified atom stereocenters. The summed E-state index contributed by atoms with van der Waals surface area (Å²) in [6.07, 6.45) is 0. The Hall–Kier alpha value is -3.42. The van der Waals surface area contributed by atoms with Gasteiger partial charge in [-0.05, 0) is 24.1 Å². The molecule has 8 heteroatoms. The Labute approximate surface area is 157 Å². The monoisotopic (exact) mass is 370 g/mol. The molecule has 0 radical (unpaired) electrons. The maximum absolute atomic E-state index is 6.10. The van der Waals surface area contributed by atoms with E-state index >= 15 is 0 Å². The number of anilines is 3. The number of nitrogens with one attached hydrogen (secondary N) is 2. The van der Waals surface area contributed by atoms with E-state index in [1.165, 1.54) is 0 Å².